The van der Waals surface area contributed by atoms with Crippen molar-refractivity contribution in [3.8, 4) is 6.07 Å². The molecule has 0 bridgehead atoms. The van der Waals surface area contributed by atoms with Crippen LogP contribution in [0.3, 0.4) is 0 Å². The summed E-state index contributed by atoms with van der Waals surface area (Å²) >= 11 is 0. The van der Waals surface area contributed by atoms with E-state index in [0.29, 0.717) is 5.82 Å². The van der Waals surface area contributed by atoms with Gasteiger partial charge in [-0.25, -0.2) is 0 Å². The average molecular weight is 139 g/mol. The molecule has 3 heteroatoms. The lowest BCUT2D eigenvalue weighted by atomic mass is 10.3. The van der Waals surface area contributed by atoms with Gasteiger partial charge in [-0.05, 0) is 6.42 Å². The lowest BCUT2D eigenvalue weighted by Gasteiger charge is -2.01. The Hall–Kier alpha value is -1.17. The van der Waals surface area contributed by atoms with E-state index >= 15 is 0 Å². The van der Waals surface area contributed by atoms with Crippen LogP contribution in [0, 0.1) is 11.3 Å². The van der Waals surface area contributed by atoms with Crippen molar-refractivity contribution in [3.63, 3.8) is 0 Å². The van der Waals surface area contributed by atoms with Crippen LogP contribution in [0.4, 0.5) is 0 Å². The molecule has 3 nitrogen and oxygen atoms in total. The summed E-state index contributed by atoms with van der Waals surface area (Å²) in [6, 6.07) is 1.84. The van der Waals surface area contributed by atoms with Gasteiger partial charge in [0.15, 0.2) is 0 Å². The van der Waals surface area contributed by atoms with E-state index in [0.717, 1.165) is 19.4 Å². The second-order valence-electron chi connectivity index (χ2n) is 2.01. The van der Waals surface area contributed by atoms with Crippen LogP contribution in [0.1, 0.15) is 19.8 Å². The molecule has 0 amide bonds. The largest absolute Gasteiger partial charge is 0.385 e. The minimum atomic E-state index is 0.455. The zero-order chi connectivity index (χ0) is 7.82. The van der Waals surface area contributed by atoms with E-state index in [2.05, 4.69) is 12.2 Å². The molecule has 0 saturated carbocycles. The average Bonchev–Trinajstić information content (AvgIpc) is 1.89. The van der Waals surface area contributed by atoms with Crippen LogP contribution in [0.15, 0.2) is 11.9 Å². The summed E-state index contributed by atoms with van der Waals surface area (Å²) in [5, 5.41) is 11.0. The number of unbranched alkanes of at least 4 members (excludes halogenated alkanes) is 1. The highest BCUT2D eigenvalue weighted by Gasteiger charge is 1.85. The predicted octanol–water partition coefficient (Wildman–Crippen LogP) is 0.700. The van der Waals surface area contributed by atoms with E-state index in [9.17, 15) is 0 Å². The molecule has 0 aliphatic rings. The Balaban J connectivity index is 3.32. The first-order valence-electron chi connectivity index (χ1n) is 3.40. The highest BCUT2D eigenvalue weighted by atomic mass is 15.0. The van der Waals surface area contributed by atoms with Crippen LogP contribution in [-0.2, 0) is 0 Å². The van der Waals surface area contributed by atoms with Crippen LogP contribution in [0.2, 0.25) is 0 Å². The van der Waals surface area contributed by atoms with Crippen LogP contribution in [-0.4, -0.2) is 6.54 Å². The maximum Gasteiger partial charge on any atom is 0.107 e. The molecule has 0 aromatic rings. The van der Waals surface area contributed by atoms with Gasteiger partial charge in [0.1, 0.15) is 5.82 Å². The monoisotopic (exact) mass is 139 g/mol. The van der Waals surface area contributed by atoms with Gasteiger partial charge in [-0.15, -0.1) is 0 Å². The van der Waals surface area contributed by atoms with E-state index in [-0.39, 0.29) is 0 Å². The molecule has 0 radical (unpaired) electrons. The quantitative estimate of drug-likeness (QED) is 0.445. The van der Waals surface area contributed by atoms with Crippen LogP contribution in [0.25, 0.3) is 0 Å². The third-order valence-corrected chi connectivity index (χ3v) is 1.08. The molecule has 0 aromatic carbocycles. The molecule has 0 saturated heterocycles. The second-order valence-corrected chi connectivity index (χ2v) is 2.01. The topological polar surface area (TPSA) is 61.8 Å². The Labute approximate surface area is 61.5 Å². The summed E-state index contributed by atoms with van der Waals surface area (Å²) in [5.41, 5.74) is 5.35. The van der Waals surface area contributed by atoms with Gasteiger partial charge in [0.25, 0.3) is 0 Å². The van der Waals surface area contributed by atoms with E-state index in [1.165, 1.54) is 6.08 Å². The summed E-state index contributed by atoms with van der Waals surface area (Å²) in [5.74, 6) is 0.455. The molecular weight excluding hydrogens is 126 g/mol. The van der Waals surface area contributed by atoms with E-state index < -0.39 is 0 Å². The summed E-state index contributed by atoms with van der Waals surface area (Å²) in [7, 11) is 0. The Kier molecular flexibility index (Phi) is 5.26. The molecule has 0 aromatic heterocycles. The van der Waals surface area contributed by atoms with Crippen LogP contribution >= 0.6 is 0 Å². The first kappa shape index (κ1) is 8.83. The first-order chi connectivity index (χ1) is 4.81. The summed E-state index contributed by atoms with van der Waals surface area (Å²) in [4.78, 5) is 0. The SMILES string of the molecule is CCCCN/C(N)=C/C#N. The molecule has 56 valence electrons. The van der Waals surface area contributed by atoms with E-state index in [1.54, 1.807) is 0 Å². The number of nitrogens with one attached hydrogen (secondary N) is 1. The number of nitrogens with zero attached hydrogens (tertiary/aromatic N) is 1. The highest BCUT2D eigenvalue weighted by molar-refractivity contribution is 5.08. The minimum absolute atomic E-state index is 0.455. The van der Waals surface area contributed by atoms with Crippen LogP contribution in [0.5, 0.6) is 0 Å². The van der Waals surface area contributed by atoms with Gasteiger partial charge >= 0.3 is 0 Å². The molecule has 3 N–H and O–H groups in total. The Morgan fingerprint density at radius 2 is 2.50 bits per heavy atom. The molecule has 0 atom stereocenters. The first-order valence-corrected chi connectivity index (χ1v) is 3.40. The van der Waals surface area contributed by atoms with Crippen molar-refractivity contribution >= 4 is 0 Å². The molecule has 10 heavy (non-hydrogen) atoms. The minimum Gasteiger partial charge on any atom is -0.385 e. The molecule has 0 aliphatic heterocycles. The molecule has 0 heterocycles. The standard InChI is InChI=1S/C7H13N3/c1-2-3-6-10-7(9)4-5-8/h4,10H,2-3,6,9H2,1H3/b7-4+. The van der Waals surface area contributed by atoms with Gasteiger partial charge in [-0.2, -0.15) is 5.26 Å². The van der Waals surface area contributed by atoms with Gasteiger partial charge in [-0.1, -0.05) is 13.3 Å². The van der Waals surface area contributed by atoms with Gasteiger partial charge in [0.2, 0.25) is 0 Å². The van der Waals surface area contributed by atoms with Crippen molar-refractivity contribution in [2.75, 3.05) is 6.54 Å². The zero-order valence-electron chi connectivity index (χ0n) is 6.22. The van der Waals surface area contributed by atoms with Crippen molar-refractivity contribution in [3.05, 3.63) is 11.9 Å². The summed E-state index contributed by atoms with van der Waals surface area (Å²) in [6.45, 7) is 2.95. The van der Waals surface area contributed by atoms with Gasteiger partial charge in [0.05, 0.1) is 12.1 Å². The number of allylic oxidation sites excluding steroid dienone is 1. The van der Waals surface area contributed by atoms with Crippen molar-refractivity contribution < 1.29 is 0 Å². The molecule has 0 aliphatic carbocycles. The number of nitriles is 1. The van der Waals surface area contributed by atoms with Gasteiger partial charge in [-0.3, -0.25) is 0 Å². The fraction of sp³-hybridized carbons (Fsp3) is 0.571. The maximum atomic E-state index is 8.15. The zero-order valence-corrected chi connectivity index (χ0v) is 6.22. The van der Waals surface area contributed by atoms with Gasteiger partial charge < -0.3 is 11.1 Å². The highest BCUT2D eigenvalue weighted by Crippen LogP contribution is 1.83. The molecule has 0 spiro atoms. The number of rotatable bonds is 4. The molecule has 0 fully saturated rings. The molecular formula is C7H13N3. The predicted molar refractivity (Wildman–Crippen MR) is 40.8 cm³/mol. The number of hydrogen-bond donors (Lipinski definition) is 2. The summed E-state index contributed by atoms with van der Waals surface area (Å²) < 4.78 is 0. The molecule has 0 unspecified atom stereocenters. The van der Waals surface area contributed by atoms with Crippen molar-refractivity contribution in [1.82, 2.24) is 5.32 Å². The Morgan fingerprint density at radius 1 is 1.80 bits per heavy atom. The van der Waals surface area contributed by atoms with Crippen LogP contribution < -0.4 is 11.1 Å². The third kappa shape index (κ3) is 4.98. The smallest absolute Gasteiger partial charge is 0.107 e. The normalized spacial score (nSPS) is 10.6. The lowest BCUT2D eigenvalue weighted by Crippen LogP contribution is -2.20. The van der Waals surface area contributed by atoms with Gasteiger partial charge in [0, 0.05) is 6.54 Å². The second kappa shape index (κ2) is 5.96. The Bertz CT molecular complexity index is 143. The van der Waals surface area contributed by atoms with E-state index in [4.69, 9.17) is 11.0 Å². The molecule has 0 rings (SSSR count). The number of nitrogens with two attached hydrogens (primary N) is 1. The van der Waals surface area contributed by atoms with Crippen molar-refractivity contribution in [2.24, 2.45) is 5.73 Å². The Morgan fingerprint density at radius 3 is 3.00 bits per heavy atom. The fourth-order valence-electron chi connectivity index (χ4n) is 0.530. The van der Waals surface area contributed by atoms with Crippen molar-refractivity contribution in [1.29, 1.82) is 5.26 Å². The fourth-order valence-corrected chi connectivity index (χ4v) is 0.530. The summed E-state index contributed by atoms with van der Waals surface area (Å²) in [6.07, 6.45) is 3.52. The van der Waals surface area contributed by atoms with Crippen molar-refractivity contribution in [2.45, 2.75) is 19.8 Å². The maximum absolute atomic E-state index is 8.15. The lowest BCUT2D eigenvalue weighted by molar-refractivity contribution is 0.705. The third-order valence-electron chi connectivity index (χ3n) is 1.08. The van der Waals surface area contributed by atoms with E-state index in [1.807, 2.05) is 6.07 Å². The number of hydrogen-bond acceptors (Lipinski definition) is 3.